The maximum atomic E-state index is 12.5. The Bertz CT molecular complexity index is 981. The van der Waals surface area contributed by atoms with Gasteiger partial charge in [-0.3, -0.25) is 4.79 Å². The van der Waals surface area contributed by atoms with Gasteiger partial charge in [0.25, 0.3) is 0 Å². The third kappa shape index (κ3) is 5.61. The molecule has 7 nitrogen and oxygen atoms in total. The Kier molecular flexibility index (Phi) is 8.44. The highest BCUT2D eigenvalue weighted by molar-refractivity contribution is 7.89. The third-order valence-corrected chi connectivity index (χ3v) is 6.65. The number of carbonyl (C=O) groups excluding carboxylic acids is 1. The van der Waals surface area contributed by atoms with Crippen LogP contribution in [0.4, 0.5) is 0 Å². The first kappa shape index (κ1) is 23.4. The van der Waals surface area contributed by atoms with Crippen molar-refractivity contribution in [1.82, 2.24) is 9.62 Å². The summed E-state index contributed by atoms with van der Waals surface area (Å²) in [4.78, 5) is 12.4. The van der Waals surface area contributed by atoms with E-state index in [1.54, 1.807) is 64.5 Å². The molecule has 8 heteroatoms. The molecule has 0 spiro atoms. The zero-order valence-corrected chi connectivity index (χ0v) is 18.5. The SMILES string of the molecule is CCN(CC)S(=O)(=O)c1ccc(/C=C/C(=O)NCc2cccc(OC)c2OC)cc1. The molecule has 0 heterocycles. The van der Waals surface area contributed by atoms with E-state index in [-0.39, 0.29) is 17.3 Å². The fourth-order valence-corrected chi connectivity index (χ4v) is 4.43. The molecule has 2 aromatic carbocycles. The summed E-state index contributed by atoms with van der Waals surface area (Å²) in [5.41, 5.74) is 1.52. The molecule has 0 aromatic heterocycles. The number of sulfonamides is 1. The van der Waals surface area contributed by atoms with Crippen LogP contribution in [0, 0.1) is 0 Å². The first-order valence-electron chi connectivity index (χ1n) is 9.63. The van der Waals surface area contributed by atoms with Gasteiger partial charge < -0.3 is 14.8 Å². The number of carbonyl (C=O) groups is 1. The van der Waals surface area contributed by atoms with Gasteiger partial charge in [0, 0.05) is 31.3 Å². The quantitative estimate of drug-likeness (QED) is 0.583. The number of ether oxygens (including phenoxy) is 2. The molecule has 0 atom stereocenters. The first-order chi connectivity index (χ1) is 14.4. The zero-order chi connectivity index (χ0) is 22.1. The Morgan fingerprint density at radius 2 is 1.70 bits per heavy atom. The van der Waals surface area contributed by atoms with Crippen LogP contribution in [0.5, 0.6) is 11.5 Å². The maximum Gasteiger partial charge on any atom is 0.244 e. The fraction of sp³-hybridized carbons (Fsp3) is 0.318. The van der Waals surface area contributed by atoms with Crippen LogP contribution < -0.4 is 14.8 Å². The van der Waals surface area contributed by atoms with Crippen molar-refractivity contribution < 1.29 is 22.7 Å². The fourth-order valence-electron chi connectivity index (χ4n) is 2.97. The predicted octanol–water partition coefficient (Wildman–Crippen LogP) is 3.06. The highest BCUT2D eigenvalue weighted by atomic mass is 32.2. The van der Waals surface area contributed by atoms with Gasteiger partial charge in [-0.15, -0.1) is 0 Å². The van der Waals surface area contributed by atoms with E-state index in [2.05, 4.69) is 5.32 Å². The van der Waals surface area contributed by atoms with Crippen LogP contribution >= 0.6 is 0 Å². The van der Waals surface area contributed by atoms with Crippen molar-refractivity contribution in [3.05, 3.63) is 59.7 Å². The lowest BCUT2D eigenvalue weighted by atomic mass is 10.1. The number of hydrogen-bond acceptors (Lipinski definition) is 5. The lowest BCUT2D eigenvalue weighted by molar-refractivity contribution is -0.116. The minimum atomic E-state index is -3.49. The highest BCUT2D eigenvalue weighted by Crippen LogP contribution is 2.30. The second kappa shape index (κ2) is 10.8. The minimum Gasteiger partial charge on any atom is -0.493 e. The summed E-state index contributed by atoms with van der Waals surface area (Å²) in [5.74, 6) is 0.897. The summed E-state index contributed by atoms with van der Waals surface area (Å²) in [6.45, 7) is 4.72. The predicted molar refractivity (Wildman–Crippen MR) is 117 cm³/mol. The van der Waals surface area contributed by atoms with E-state index in [1.165, 1.54) is 10.4 Å². The molecule has 2 aromatic rings. The number of rotatable bonds is 10. The molecule has 0 radical (unpaired) electrons. The van der Waals surface area contributed by atoms with Gasteiger partial charge in [-0.1, -0.05) is 38.1 Å². The molecule has 30 heavy (non-hydrogen) atoms. The summed E-state index contributed by atoms with van der Waals surface area (Å²) in [5, 5.41) is 2.80. The summed E-state index contributed by atoms with van der Waals surface area (Å²) < 4.78 is 37.0. The van der Waals surface area contributed by atoms with Gasteiger partial charge in [0.2, 0.25) is 15.9 Å². The average Bonchev–Trinajstić information content (AvgIpc) is 2.76. The van der Waals surface area contributed by atoms with E-state index >= 15 is 0 Å². The zero-order valence-electron chi connectivity index (χ0n) is 17.7. The number of hydrogen-bond donors (Lipinski definition) is 1. The molecule has 0 aliphatic rings. The Labute approximate surface area is 178 Å². The number of nitrogens with one attached hydrogen (secondary N) is 1. The molecular weight excluding hydrogens is 404 g/mol. The summed E-state index contributed by atoms with van der Waals surface area (Å²) in [6, 6.07) is 11.9. The van der Waals surface area contributed by atoms with E-state index in [1.807, 2.05) is 12.1 Å². The van der Waals surface area contributed by atoms with Crippen LogP contribution in [0.15, 0.2) is 53.4 Å². The lowest BCUT2D eigenvalue weighted by Gasteiger charge is -2.18. The Morgan fingerprint density at radius 3 is 2.27 bits per heavy atom. The minimum absolute atomic E-state index is 0.234. The normalized spacial score (nSPS) is 11.6. The molecule has 2 rings (SSSR count). The highest BCUT2D eigenvalue weighted by Gasteiger charge is 2.20. The molecule has 1 amide bonds. The van der Waals surface area contributed by atoms with Gasteiger partial charge in [0.15, 0.2) is 11.5 Å². The molecule has 0 fully saturated rings. The molecule has 0 aliphatic carbocycles. The van der Waals surface area contributed by atoms with Gasteiger partial charge in [0.05, 0.1) is 19.1 Å². The number of benzene rings is 2. The molecule has 1 N–H and O–H groups in total. The molecular formula is C22H28N2O5S. The molecule has 0 saturated heterocycles. The van der Waals surface area contributed by atoms with Crippen LogP contribution in [0.1, 0.15) is 25.0 Å². The third-order valence-electron chi connectivity index (χ3n) is 4.59. The van der Waals surface area contributed by atoms with Crippen molar-refractivity contribution in [2.45, 2.75) is 25.3 Å². The van der Waals surface area contributed by atoms with Crippen molar-refractivity contribution in [1.29, 1.82) is 0 Å². The maximum absolute atomic E-state index is 12.5. The van der Waals surface area contributed by atoms with E-state index in [9.17, 15) is 13.2 Å². The van der Waals surface area contributed by atoms with Crippen LogP contribution in [0.25, 0.3) is 6.08 Å². The van der Waals surface area contributed by atoms with Crippen molar-refractivity contribution in [3.8, 4) is 11.5 Å². The van der Waals surface area contributed by atoms with Gasteiger partial charge in [-0.2, -0.15) is 4.31 Å². The van der Waals surface area contributed by atoms with Crippen molar-refractivity contribution >= 4 is 22.0 Å². The second-order valence-electron chi connectivity index (χ2n) is 6.36. The Hall–Kier alpha value is -2.84. The largest absolute Gasteiger partial charge is 0.493 e. The molecule has 0 aliphatic heterocycles. The topological polar surface area (TPSA) is 84.9 Å². The first-order valence-corrected chi connectivity index (χ1v) is 11.1. The average molecular weight is 433 g/mol. The van der Waals surface area contributed by atoms with E-state index in [0.717, 1.165) is 11.1 Å². The Morgan fingerprint density at radius 1 is 1.03 bits per heavy atom. The summed E-state index contributed by atoms with van der Waals surface area (Å²) in [6.07, 6.45) is 3.03. The second-order valence-corrected chi connectivity index (χ2v) is 8.30. The van der Waals surface area contributed by atoms with Crippen molar-refractivity contribution in [2.24, 2.45) is 0 Å². The van der Waals surface area contributed by atoms with Crippen LogP contribution in [0.2, 0.25) is 0 Å². The van der Waals surface area contributed by atoms with Crippen LogP contribution in [-0.4, -0.2) is 45.9 Å². The standard InChI is InChI=1S/C22H28N2O5S/c1-5-24(6-2)30(26,27)19-13-10-17(11-14-19)12-15-21(25)23-16-18-8-7-9-20(28-3)22(18)29-4/h7-15H,5-6,16H2,1-4H3,(H,23,25)/b15-12+. The molecule has 162 valence electrons. The van der Waals surface area contributed by atoms with Crippen molar-refractivity contribution in [2.75, 3.05) is 27.3 Å². The van der Waals surface area contributed by atoms with Crippen molar-refractivity contribution in [3.63, 3.8) is 0 Å². The van der Waals surface area contributed by atoms with Crippen LogP contribution in [-0.2, 0) is 21.4 Å². The number of para-hydroxylation sites is 1. The monoisotopic (exact) mass is 432 g/mol. The summed E-state index contributed by atoms with van der Waals surface area (Å²) in [7, 11) is -0.387. The lowest BCUT2D eigenvalue weighted by Crippen LogP contribution is -2.30. The van der Waals surface area contributed by atoms with E-state index < -0.39 is 10.0 Å². The van der Waals surface area contributed by atoms with Gasteiger partial charge in [0.1, 0.15) is 0 Å². The molecule has 0 saturated carbocycles. The summed E-state index contributed by atoms with van der Waals surface area (Å²) >= 11 is 0. The number of amides is 1. The van der Waals surface area contributed by atoms with E-state index in [4.69, 9.17) is 9.47 Å². The molecule has 0 unspecified atom stereocenters. The van der Waals surface area contributed by atoms with Gasteiger partial charge in [-0.25, -0.2) is 8.42 Å². The van der Waals surface area contributed by atoms with Gasteiger partial charge >= 0.3 is 0 Å². The van der Waals surface area contributed by atoms with Gasteiger partial charge in [-0.05, 0) is 29.8 Å². The number of nitrogens with zero attached hydrogens (tertiary/aromatic N) is 1. The van der Waals surface area contributed by atoms with E-state index in [0.29, 0.717) is 24.6 Å². The Balaban J connectivity index is 2.02. The molecule has 0 bridgehead atoms. The number of methoxy groups -OCH3 is 2. The van der Waals surface area contributed by atoms with Crippen LogP contribution in [0.3, 0.4) is 0 Å². The smallest absolute Gasteiger partial charge is 0.244 e.